The number of carbonyl (C=O) groups is 1. The van der Waals surface area contributed by atoms with Crippen LogP contribution in [0, 0.1) is 5.82 Å². The molecule has 0 unspecified atom stereocenters. The van der Waals surface area contributed by atoms with E-state index < -0.39 is 15.6 Å². The predicted octanol–water partition coefficient (Wildman–Crippen LogP) is 1.37. The number of nitrogens with zero attached hydrogens (tertiary/aromatic N) is 2. The van der Waals surface area contributed by atoms with Crippen molar-refractivity contribution in [1.82, 2.24) is 9.21 Å². The fraction of sp³-hybridized carbons (Fsp3) is 0.588. The molecular formula is C17H23FN2O4S. The summed E-state index contributed by atoms with van der Waals surface area (Å²) in [6.07, 6.45) is 2.46. The van der Waals surface area contributed by atoms with E-state index in [0.717, 1.165) is 5.56 Å². The first-order valence-electron chi connectivity index (χ1n) is 8.39. The normalized spacial score (nSPS) is 22.2. The van der Waals surface area contributed by atoms with Crippen LogP contribution in [0.15, 0.2) is 24.3 Å². The Morgan fingerprint density at radius 1 is 1.24 bits per heavy atom. The van der Waals surface area contributed by atoms with E-state index in [2.05, 4.69) is 0 Å². The number of ether oxygens (including phenoxy) is 1. The van der Waals surface area contributed by atoms with Gasteiger partial charge in [0, 0.05) is 26.2 Å². The van der Waals surface area contributed by atoms with Crippen LogP contribution < -0.4 is 0 Å². The Kier molecular flexibility index (Phi) is 5.13. The summed E-state index contributed by atoms with van der Waals surface area (Å²) in [7, 11) is -3.21. The van der Waals surface area contributed by atoms with Crippen molar-refractivity contribution in [2.75, 3.05) is 32.5 Å². The van der Waals surface area contributed by atoms with Crippen molar-refractivity contribution in [1.29, 1.82) is 0 Å². The third-order valence-corrected chi connectivity index (χ3v) is 6.26. The second-order valence-electron chi connectivity index (χ2n) is 6.82. The van der Waals surface area contributed by atoms with Crippen molar-refractivity contribution in [2.24, 2.45) is 0 Å². The summed E-state index contributed by atoms with van der Waals surface area (Å²) in [4.78, 5) is 14.4. The molecular weight excluding hydrogens is 347 g/mol. The molecule has 2 fully saturated rings. The third kappa shape index (κ3) is 4.37. The summed E-state index contributed by atoms with van der Waals surface area (Å²) >= 11 is 0. The number of hydrogen-bond donors (Lipinski definition) is 0. The Morgan fingerprint density at radius 2 is 1.96 bits per heavy atom. The van der Waals surface area contributed by atoms with Crippen LogP contribution in [0.25, 0.3) is 0 Å². The maximum absolute atomic E-state index is 13.3. The Morgan fingerprint density at radius 3 is 2.60 bits per heavy atom. The molecule has 0 bridgehead atoms. The van der Waals surface area contributed by atoms with Crippen molar-refractivity contribution in [3.63, 3.8) is 0 Å². The summed E-state index contributed by atoms with van der Waals surface area (Å²) in [6, 6.07) is 6.23. The van der Waals surface area contributed by atoms with Gasteiger partial charge in [0.15, 0.2) is 0 Å². The number of piperidine rings is 1. The van der Waals surface area contributed by atoms with Crippen molar-refractivity contribution in [2.45, 2.75) is 31.4 Å². The van der Waals surface area contributed by atoms with Crippen LogP contribution in [0.5, 0.6) is 0 Å². The highest BCUT2D eigenvalue weighted by Crippen LogP contribution is 2.33. The third-order valence-electron chi connectivity index (χ3n) is 4.96. The number of rotatable bonds is 3. The molecule has 2 aliphatic heterocycles. The number of hydrogen-bond acceptors (Lipinski definition) is 4. The van der Waals surface area contributed by atoms with Gasteiger partial charge in [-0.25, -0.2) is 17.1 Å². The molecule has 0 aromatic heterocycles. The average molecular weight is 370 g/mol. The van der Waals surface area contributed by atoms with Crippen molar-refractivity contribution in [3.05, 3.63) is 35.6 Å². The van der Waals surface area contributed by atoms with Crippen molar-refractivity contribution < 1.29 is 22.3 Å². The minimum atomic E-state index is -3.21. The van der Waals surface area contributed by atoms with Crippen LogP contribution in [0.2, 0.25) is 0 Å². The largest absolute Gasteiger partial charge is 0.373 e. The SMILES string of the molecule is CS(=O)(=O)N1CCC2(CC1)CC(=O)N(Cc1cccc(F)c1)CCO2. The minimum absolute atomic E-state index is 0.0328. The molecule has 6 nitrogen and oxygen atoms in total. The molecule has 0 aliphatic carbocycles. The summed E-state index contributed by atoms with van der Waals surface area (Å²) in [5.74, 6) is -0.352. The number of sulfonamides is 1. The van der Waals surface area contributed by atoms with Gasteiger partial charge in [0.25, 0.3) is 0 Å². The lowest BCUT2D eigenvalue weighted by atomic mass is 9.88. The summed E-state index contributed by atoms with van der Waals surface area (Å²) in [5.41, 5.74) is 0.158. The second kappa shape index (κ2) is 7.01. The van der Waals surface area contributed by atoms with E-state index in [-0.39, 0.29) is 18.1 Å². The zero-order valence-corrected chi connectivity index (χ0v) is 15.1. The number of benzene rings is 1. The standard InChI is InChI=1S/C17H23FN2O4S/c1-25(22,23)20-7-5-17(6-8-20)12-16(21)19(9-10-24-17)13-14-3-2-4-15(18)11-14/h2-4,11H,5-10,12-13H2,1H3. The molecule has 0 atom stereocenters. The second-order valence-corrected chi connectivity index (χ2v) is 8.80. The van der Waals surface area contributed by atoms with E-state index in [1.807, 2.05) is 0 Å². The molecule has 1 aromatic rings. The van der Waals surface area contributed by atoms with Gasteiger partial charge in [0.1, 0.15) is 5.82 Å². The van der Waals surface area contributed by atoms with Gasteiger partial charge in [-0.1, -0.05) is 12.1 Å². The van der Waals surface area contributed by atoms with Gasteiger partial charge in [-0.15, -0.1) is 0 Å². The number of halogens is 1. The molecule has 3 rings (SSSR count). The molecule has 2 heterocycles. The zero-order valence-electron chi connectivity index (χ0n) is 14.3. The first-order valence-corrected chi connectivity index (χ1v) is 10.2. The molecule has 8 heteroatoms. The maximum atomic E-state index is 13.3. The Bertz CT molecular complexity index is 745. The fourth-order valence-electron chi connectivity index (χ4n) is 3.50. The van der Waals surface area contributed by atoms with Crippen LogP contribution in [0.4, 0.5) is 4.39 Å². The summed E-state index contributed by atoms with van der Waals surface area (Å²) in [5, 5.41) is 0. The molecule has 138 valence electrons. The highest BCUT2D eigenvalue weighted by atomic mass is 32.2. The highest BCUT2D eigenvalue weighted by Gasteiger charge is 2.42. The van der Waals surface area contributed by atoms with E-state index in [4.69, 9.17) is 4.74 Å². The van der Waals surface area contributed by atoms with E-state index in [1.54, 1.807) is 17.0 Å². The van der Waals surface area contributed by atoms with Crippen molar-refractivity contribution in [3.8, 4) is 0 Å². The van der Waals surface area contributed by atoms with Crippen LogP contribution in [-0.2, 0) is 26.1 Å². The van der Waals surface area contributed by atoms with Crippen LogP contribution in [0.3, 0.4) is 0 Å². The molecule has 2 aliphatic rings. The van der Waals surface area contributed by atoms with Gasteiger partial charge < -0.3 is 9.64 Å². The van der Waals surface area contributed by atoms with Crippen molar-refractivity contribution >= 4 is 15.9 Å². The van der Waals surface area contributed by atoms with E-state index in [0.29, 0.717) is 45.6 Å². The zero-order chi connectivity index (χ0) is 18.1. The highest BCUT2D eigenvalue weighted by molar-refractivity contribution is 7.88. The first-order chi connectivity index (χ1) is 11.8. The first kappa shape index (κ1) is 18.3. The van der Waals surface area contributed by atoms with Gasteiger partial charge in [0.05, 0.1) is 24.9 Å². The maximum Gasteiger partial charge on any atom is 0.225 e. The molecule has 2 saturated heterocycles. The molecule has 0 saturated carbocycles. The van der Waals surface area contributed by atoms with Crippen LogP contribution in [0.1, 0.15) is 24.8 Å². The average Bonchev–Trinajstić information content (AvgIpc) is 2.67. The molecule has 0 N–H and O–H groups in total. The predicted molar refractivity (Wildman–Crippen MR) is 90.8 cm³/mol. The molecule has 25 heavy (non-hydrogen) atoms. The Labute approximate surface area is 147 Å². The van der Waals surface area contributed by atoms with Crippen LogP contribution >= 0.6 is 0 Å². The molecule has 1 amide bonds. The van der Waals surface area contributed by atoms with Crippen LogP contribution in [-0.4, -0.2) is 61.6 Å². The quantitative estimate of drug-likeness (QED) is 0.806. The van der Waals surface area contributed by atoms with Gasteiger partial charge >= 0.3 is 0 Å². The lowest BCUT2D eigenvalue weighted by Gasteiger charge is -2.39. The minimum Gasteiger partial charge on any atom is -0.373 e. The monoisotopic (exact) mass is 370 g/mol. The number of amides is 1. The lowest BCUT2D eigenvalue weighted by molar-refractivity contribution is -0.135. The summed E-state index contributed by atoms with van der Waals surface area (Å²) < 4.78 is 44.1. The van der Waals surface area contributed by atoms with E-state index in [1.165, 1.54) is 22.7 Å². The topological polar surface area (TPSA) is 66.9 Å². The fourth-order valence-corrected chi connectivity index (χ4v) is 4.35. The van der Waals surface area contributed by atoms with E-state index >= 15 is 0 Å². The molecule has 1 spiro atoms. The van der Waals surface area contributed by atoms with E-state index in [9.17, 15) is 17.6 Å². The Hall–Kier alpha value is -1.51. The van der Waals surface area contributed by atoms with Gasteiger partial charge in [-0.2, -0.15) is 0 Å². The molecule has 1 aromatic carbocycles. The summed E-state index contributed by atoms with van der Waals surface area (Å²) in [6.45, 7) is 1.95. The van der Waals surface area contributed by atoms with Gasteiger partial charge in [-0.05, 0) is 30.5 Å². The smallest absolute Gasteiger partial charge is 0.225 e. The van der Waals surface area contributed by atoms with Gasteiger partial charge in [-0.3, -0.25) is 4.79 Å². The number of carbonyl (C=O) groups excluding carboxylic acids is 1. The lowest BCUT2D eigenvalue weighted by Crippen LogP contribution is -2.48. The Balaban J connectivity index is 1.65. The van der Waals surface area contributed by atoms with Gasteiger partial charge in [0.2, 0.25) is 15.9 Å². The molecule has 0 radical (unpaired) electrons.